The molecule has 2 rings (SSSR count). The third kappa shape index (κ3) is 2.98. The van der Waals surface area contributed by atoms with Gasteiger partial charge < -0.3 is 5.32 Å². The fraction of sp³-hybridized carbons (Fsp3) is 0.188. The molecule has 0 amide bonds. The number of carbonyl (C=O) groups excluding carboxylic acids is 1. The van der Waals surface area contributed by atoms with Gasteiger partial charge in [0.05, 0.1) is 6.54 Å². The maximum Gasteiger partial charge on any atom is 0.181 e. The summed E-state index contributed by atoms with van der Waals surface area (Å²) < 4.78 is 0. The maximum absolute atomic E-state index is 11.9. The van der Waals surface area contributed by atoms with Crippen LogP contribution in [0.1, 0.15) is 21.5 Å². The number of ketones is 1. The summed E-state index contributed by atoms with van der Waals surface area (Å²) in [5.41, 5.74) is 4.16. The lowest BCUT2D eigenvalue weighted by Crippen LogP contribution is -2.14. The van der Waals surface area contributed by atoms with Crippen molar-refractivity contribution in [2.24, 2.45) is 0 Å². The van der Waals surface area contributed by atoms with Gasteiger partial charge in [-0.05, 0) is 25.5 Å². The lowest BCUT2D eigenvalue weighted by molar-refractivity contribution is 0.101. The smallest absolute Gasteiger partial charge is 0.181 e. The van der Waals surface area contributed by atoms with Gasteiger partial charge in [-0.15, -0.1) is 0 Å². The summed E-state index contributed by atoms with van der Waals surface area (Å²) in [6.45, 7) is 4.43. The number of rotatable bonds is 4. The maximum atomic E-state index is 11.9. The predicted molar refractivity (Wildman–Crippen MR) is 75.2 cm³/mol. The van der Waals surface area contributed by atoms with Gasteiger partial charge >= 0.3 is 0 Å². The van der Waals surface area contributed by atoms with E-state index in [1.54, 1.807) is 0 Å². The molecule has 0 aliphatic rings. The Hall–Kier alpha value is -2.09. The van der Waals surface area contributed by atoms with Gasteiger partial charge in [0.1, 0.15) is 0 Å². The molecule has 0 aliphatic heterocycles. The lowest BCUT2D eigenvalue weighted by Gasteiger charge is -2.09. The van der Waals surface area contributed by atoms with Crippen molar-refractivity contribution < 1.29 is 4.79 Å². The Morgan fingerprint density at radius 3 is 2.44 bits per heavy atom. The van der Waals surface area contributed by atoms with E-state index in [1.807, 2.05) is 49.4 Å². The first kappa shape index (κ1) is 12.4. The van der Waals surface area contributed by atoms with Crippen LogP contribution in [0.2, 0.25) is 0 Å². The highest BCUT2D eigenvalue weighted by atomic mass is 16.1. The number of nitrogens with one attached hydrogen (secondary N) is 1. The number of aryl methyl sites for hydroxylation is 2. The van der Waals surface area contributed by atoms with Crippen LogP contribution in [-0.4, -0.2) is 12.3 Å². The molecular weight excluding hydrogens is 222 g/mol. The van der Waals surface area contributed by atoms with Crippen molar-refractivity contribution in [2.45, 2.75) is 13.8 Å². The number of hydrogen-bond donors (Lipinski definition) is 1. The van der Waals surface area contributed by atoms with Crippen LogP contribution < -0.4 is 5.32 Å². The number of carbonyl (C=O) groups is 1. The molecule has 0 spiro atoms. The van der Waals surface area contributed by atoms with E-state index < -0.39 is 0 Å². The van der Waals surface area contributed by atoms with Crippen LogP contribution in [0.15, 0.2) is 48.5 Å². The minimum Gasteiger partial charge on any atom is -0.377 e. The van der Waals surface area contributed by atoms with Crippen LogP contribution in [0.5, 0.6) is 0 Å². The zero-order chi connectivity index (χ0) is 13.0. The summed E-state index contributed by atoms with van der Waals surface area (Å²) in [5, 5.41) is 3.19. The van der Waals surface area contributed by atoms with Gasteiger partial charge in [0.25, 0.3) is 0 Å². The molecule has 0 radical (unpaired) electrons. The quantitative estimate of drug-likeness (QED) is 0.826. The number of Topliss-reactive ketones (excluding diaryl/α,β-unsaturated/α-hetero) is 1. The second kappa shape index (κ2) is 5.50. The molecule has 0 atom stereocenters. The monoisotopic (exact) mass is 239 g/mol. The topological polar surface area (TPSA) is 29.1 Å². The first-order chi connectivity index (χ1) is 8.66. The van der Waals surface area contributed by atoms with Crippen LogP contribution in [0, 0.1) is 13.8 Å². The molecule has 1 N–H and O–H groups in total. The highest BCUT2D eigenvalue weighted by molar-refractivity contribution is 5.98. The van der Waals surface area contributed by atoms with Crippen molar-refractivity contribution in [1.29, 1.82) is 0 Å². The summed E-state index contributed by atoms with van der Waals surface area (Å²) >= 11 is 0. The second-order valence-electron chi connectivity index (χ2n) is 4.46. The highest BCUT2D eigenvalue weighted by Gasteiger charge is 2.05. The molecule has 0 unspecified atom stereocenters. The van der Waals surface area contributed by atoms with Crippen molar-refractivity contribution in [3.05, 3.63) is 65.2 Å². The number of anilines is 1. The molecule has 0 fully saturated rings. The molecule has 0 saturated heterocycles. The average molecular weight is 239 g/mol. The second-order valence-corrected chi connectivity index (χ2v) is 4.46. The SMILES string of the molecule is Cc1ccc(NCC(=O)c2ccccc2)c(C)c1. The number of benzene rings is 2. The first-order valence-corrected chi connectivity index (χ1v) is 6.06. The van der Waals surface area contributed by atoms with Crippen molar-refractivity contribution >= 4 is 11.5 Å². The predicted octanol–water partition coefficient (Wildman–Crippen LogP) is 3.60. The van der Waals surface area contributed by atoms with Crippen LogP contribution in [0.25, 0.3) is 0 Å². The van der Waals surface area contributed by atoms with E-state index in [-0.39, 0.29) is 5.78 Å². The Morgan fingerprint density at radius 2 is 1.78 bits per heavy atom. The van der Waals surface area contributed by atoms with Crippen molar-refractivity contribution in [2.75, 3.05) is 11.9 Å². The van der Waals surface area contributed by atoms with E-state index >= 15 is 0 Å². The molecule has 2 heteroatoms. The molecule has 0 heterocycles. The largest absolute Gasteiger partial charge is 0.377 e. The lowest BCUT2D eigenvalue weighted by atomic mass is 10.1. The Balaban J connectivity index is 2.02. The van der Waals surface area contributed by atoms with Gasteiger partial charge in [0.2, 0.25) is 0 Å². The van der Waals surface area contributed by atoms with Crippen LogP contribution >= 0.6 is 0 Å². The first-order valence-electron chi connectivity index (χ1n) is 6.06. The Labute approximate surface area is 108 Å². The summed E-state index contributed by atoms with van der Waals surface area (Å²) in [4.78, 5) is 11.9. The number of hydrogen-bond acceptors (Lipinski definition) is 2. The molecule has 18 heavy (non-hydrogen) atoms. The highest BCUT2D eigenvalue weighted by Crippen LogP contribution is 2.15. The van der Waals surface area contributed by atoms with Gasteiger partial charge in [-0.3, -0.25) is 4.79 Å². The molecule has 0 aromatic heterocycles. The standard InChI is InChI=1S/C16H17NO/c1-12-8-9-15(13(2)10-12)17-11-16(18)14-6-4-3-5-7-14/h3-10,17H,11H2,1-2H3. The summed E-state index contributed by atoms with van der Waals surface area (Å²) in [6.07, 6.45) is 0. The zero-order valence-electron chi connectivity index (χ0n) is 10.7. The summed E-state index contributed by atoms with van der Waals surface area (Å²) in [6, 6.07) is 15.5. The molecule has 2 aromatic rings. The van der Waals surface area contributed by atoms with Crippen molar-refractivity contribution in [3.8, 4) is 0 Å². The van der Waals surface area contributed by atoms with Crippen LogP contribution in [0.4, 0.5) is 5.69 Å². The fourth-order valence-electron chi connectivity index (χ4n) is 1.91. The zero-order valence-corrected chi connectivity index (χ0v) is 10.7. The van der Waals surface area contributed by atoms with Gasteiger partial charge in [-0.1, -0.05) is 48.0 Å². The van der Waals surface area contributed by atoms with E-state index in [1.165, 1.54) is 5.56 Å². The van der Waals surface area contributed by atoms with E-state index in [9.17, 15) is 4.79 Å². The van der Waals surface area contributed by atoms with Crippen LogP contribution in [-0.2, 0) is 0 Å². The van der Waals surface area contributed by atoms with E-state index in [2.05, 4.69) is 18.3 Å². The van der Waals surface area contributed by atoms with Gasteiger partial charge in [-0.25, -0.2) is 0 Å². The minimum atomic E-state index is 0.107. The van der Waals surface area contributed by atoms with Gasteiger partial charge in [0.15, 0.2) is 5.78 Å². The van der Waals surface area contributed by atoms with Crippen molar-refractivity contribution in [3.63, 3.8) is 0 Å². The van der Waals surface area contributed by atoms with E-state index in [4.69, 9.17) is 0 Å². The normalized spacial score (nSPS) is 10.1. The third-order valence-electron chi connectivity index (χ3n) is 2.92. The molecule has 2 aromatic carbocycles. The third-order valence-corrected chi connectivity index (χ3v) is 2.92. The molecule has 92 valence electrons. The summed E-state index contributed by atoms with van der Waals surface area (Å²) in [7, 11) is 0. The van der Waals surface area contributed by atoms with Crippen LogP contribution in [0.3, 0.4) is 0 Å². The molecular formula is C16H17NO. The molecule has 2 nitrogen and oxygen atoms in total. The van der Waals surface area contributed by atoms with Gasteiger partial charge in [0, 0.05) is 11.3 Å². The Morgan fingerprint density at radius 1 is 1.06 bits per heavy atom. The Kier molecular flexibility index (Phi) is 3.78. The Bertz CT molecular complexity index is 546. The minimum absolute atomic E-state index is 0.107. The molecule has 0 saturated carbocycles. The van der Waals surface area contributed by atoms with Crippen molar-refractivity contribution in [1.82, 2.24) is 0 Å². The average Bonchev–Trinajstić information content (AvgIpc) is 2.38. The van der Waals surface area contributed by atoms with E-state index in [0.717, 1.165) is 16.8 Å². The van der Waals surface area contributed by atoms with E-state index in [0.29, 0.717) is 6.54 Å². The molecule has 0 bridgehead atoms. The van der Waals surface area contributed by atoms with Gasteiger partial charge in [-0.2, -0.15) is 0 Å². The summed E-state index contributed by atoms with van der Waals surface area (Å²) in [5.74, 6) is 0.107. The molecule has 0 aliphatic carbocycles. The fourth-order valence-corrected chi connectivity index (χ4v) is 1.91.